The number of aliphatic hydroxyl groups is 2. The number of carboxylic acid groups (broad SMARTS) is 1. The van der Waals surface area contributed by atoms with Gasteiger partial charge in [0.05, 0.1) is 5.56 Å². The lowest BCUT2D eigenvalue weighted by molar-refractivity contribution is 0.0698. The van der Waals surface area contributed by atoms with E-state index in [-0.39, 0.29) is 24.5 Å². The summed E-state index contributed by atoms with van der Waals surface area (Å²) in [4.78, 5) is 10.9. The van der Waals surface area contributed by atoms with Crippen molar-refractivity contribution in [1.82, 2.24) is 0 Å². The minimum absolute atomic E-state index is 0.0325. The highest BCUT2D eigenvalue weighted by Crippen LogP contribution is 2.23. The van der Waals surface area contributed by atoms with Crippen LogP contribution in [0.1, 0.15) is 21.5 Å². The van der Waals surface area contributed by atoms with E-state index in [1.807, 2.05) is 0 Å². The lowest BCUT2D eigenvalue weighted by atomic mass is 9.97. The van der Waals surface area contributed by atoms with Gasteiger partial charge in [-0.15, -0.1) is 0 Å². The predicted octanol–water partition coefficient (Wildman–Crippen LogP) is 0.0366. The van der Waals surface area contributed by atoms with E-state index in [2.05, 4.69) is 0 Å². The Labute approximate surface area is 93.1 Å². The zero-order valence-electron chi connectivity index (χ0n) is 8.81. The Bertz CT molecular complexity index is 390. The lowest BCUT2D eigenvalue weighted by Crippen LogP contribution is -2.10. The van der Waals surface area contributed by atoms with Crippen molar-refractivity contribution in [2.75, 3.05) is 18.9 Å². The minimum atomic E-state index is -1.09. The second-order valence-electron chi connectivity index (χ2n) is 3.42. The zero-order valence-corrected chi connectivity index (χ0v) is 8.81. The van der Waals surface area contributed by atoms with Gasteiger partial charge in [0.15, 0.2) is 0 Å². The van der Waals surface area contributed by atoms with E-state index < -0.39 is 5.97 Å². The maximum atomic E-state index is 10.9. The molecule has 0 aromatic heterocycles. The van der Waals surface area contributed by atoms with Crippen molar-refractivity contribution >= 4 is 11.7 Å². The third-order valence-corrected chi connectivity index (χ3v) is 2.43. The van der Waals surface area contributed by atoms with Gasteiger partial charge >= 0.3 is 5.97 Å². The van der Waals surface area contributed by atoms with Gasteiger partial charge in [-0.1, -0.05) is 6.07 Å². The number of hydrogen-bond acceptors (Lipinski definition) is 4. The molecule has 1 rings (SSSR count). The summed E-state index contributed by atoms with van der Waals surface area (Å²) in [7, 11) is 0. The number of hydrogen-bond donors (Lipinski definition) is 4. The summed E-state index contributed by atoms with van der Waals surface area (Å²) in [5.41, 5.74) is 7.32. The van der Waals surface area contributed by atoms with Gasteiger partial charge < -0.3 is 21.1 Å². The molecule has 0 aliphatic rings. The van der Waals surface area contributed by atoms with Gasteiger partial charge in [0, 0.05) is 18.9 Å². The monoisotopic (exact) mass is 225 g/mol. The third kappa shape index (κ3) is 2.50. The lowest BCUT2D eigenvalue weighted by Gasteiger charge is -2.12. The van der Waals surface area contributed by atoms with Crippen molar-refractivity contribution in [3.05, 3.63) is 28.8 Å². The molecule has 0 saturated heterocycles. The van der Waals surface area contributed by atoms with Crippen LogP contribution in [0.2, 0.25) is 0 Å². The fourth-order valence-corrected chi connectivity index (χ4v) is 1.66. The average Bonchev–Trinajstić information content (AvgIpc) is 2.23. The van der Waals surface area contributed by atoms with Crippen molar-refractivity contribution in [3.63, 3.8) is 0 Å². The van der Waals surface area contributed by atoms with Crippen molar-refractivity contribution in [2.45, 2.75) is 12.8 Å². The number of rotatable bonds is 5. The molecule has 0 aliphatic heterocycles. The van der Waals surface area contributed by atoms with Gasteiger partial charge in [-0.2, -0.15) is 0 Å². The van der Waals surface area contributed by atoms with Crippen molar-refractivity contribution in [1.29, 1.82) is 0 Å². The highest BCUT2D eigenvalue weighted by molar-refractivity contribution is 5.94. The van der Waals surface area contributed by atoms with Gasteiger partial charge in [0.2, 0.25) is 0 Å². The van der Waals surface area contributed by atoms with Crippen molar-refractivity contribution in [2.24, 2.45) is 0 Å². The number of benzene rings is 1. The molecule has 0 radical (unpaired) electrons. The summed E-state index contributed by atoms with van der Waals surface area (Å²) in [6.45, 7) is -0.143. The fourth-order valence-electron chi connectivity index (χ4n) is 1.66. The number of aliphatic hydroxyl groups excluding tert-OH is 2. The number of anilines is 1. The van der Waals surface area contributed by atoms with Crippen LogP contribution in [0.25, 0.3) is 0 Å². The van der Waals surface area contributed by atoms with E-state index in [0.29, 0.717) is 18.4 Å². The van der Waals surface area contributed by atoms with E-state index in [4.69, 9.17) is 21.1 Å². The van der Waals surface area contributed by atoms with Crippen molar-refractivity contribution in [3.8, 4) is 0 Å². The van der Waals surface area contributed by atoms with Gasteiger partial charge in [0.25, 0.3) is 0 Å². The van der Waals surface area contributed by atoms with Gasteiger partial charge in [-0.25, -0.2) is 4.79 Å². The van der Waals surface area contributed by atoms with Gasteiger partial charge in [0.1, 0.15) is 0 Å². The van der Waals surface area contributed by atoms with Crippen LogP contribution in [0.5, 0.6) is 0 Å². The molecule has 5 nitrogen and oxygen atoms in total. The molecule has 0 bridgehead atoms. The van der Waals surface area contributed by atoms with Crippen LogP contribution in [-0.2, 0) is 12.8 Å². The molecule has 1 aromatic rings. The molecule has 0 aliphatic carbocycles. The maximum Gasteiger partial charge on any atom is 0.337 e. The molecule has 0 heterocycles. The highest BCUT2D eigenvalue weighted by Gasteiger charge is 2.14. The first kappa shape index (κ1) is 12.5. The number of carbonyl (C=O) groups is 1. The third-order valence-electron chi connectivity index (χ3n) is 2.43. The molecular formula is C11H15NO4. The largest absolute Gasteiger partial charge is 0.478 e. The molecule has 88 valence electrons. The first-order valence-corrected chi connectivity index (χ1v) is 4.97. The normalized spacial score (nSPS) is 10.4. The van der Waals surface area contributed by atoms with E-state index in [0.717, 1.165) is 5.56 Å². The molecular weight excluding hydrogens is 210 g/mol. The Morgan fingerprint density at radius 2 is 1.81 bits per heavy atom. The first-order valence-electron chi connectivity index (χ1n) is 4.97. The van der Waals surface area contributed by atoms with Crippen molar-refractivity contribution < 1.29 is 20.1 Å². The molecule has 16 heavy (non-hydrogen) atoms. The quantitative estimate of drug-likeness (QED) is 0.529. The summed E-state index contributed by atoms with van der Waals surface area (Å²) >= 11 is 0. The Hall–Kier alpha value is -1.59. The Morgan fingerprint density at radius 3 is 2.31 bits per heavy atom. The van der Waals surface area contributed by atoms with E-state index in [9.17, 15) is 4.79 Å². The smallest absolute Gasteiger partial charge is 0.337 e. The fraction of sp³-hybridized carbons (Fsp3) is 0.364. The molecule has 0 atom stereocenters. The summed E-state index contributed by atoms with van der Waals surface area (Å²) in [6.07, 6.45) is 0.696. The van der Waals surface area contributed by atoms with Crippen LogP contribution >= 0.6 is 0 Å². The number of aromatic carboxylic acids is 1. The second kappa shape index (κ2) is 5.48. The topological polar surface area (TPSA) is 104 Å². The molecule has 0 unspecified atom stereocenters. The maximum absolute atomic E-state index is 10.9. The van der Waals surface area contributed by atoms with Crippen LogP contribution < -0.4 is 5.73 Å². The van der Waals surface area contributed by atoms with Gasteiger partial charge in [-0.05, 0) is 30.0 Å². The first-order chi connectivity index (χ1) is 7.61. The molecule has 1 aromatic carbocycles. The highest BCUT2D eigenvalue weighted by atomic mass is 16.4. The SMILES string of the molecule is Nc1c(C(=O)O)ccc(CCO)c1CCO. The van der Waals surface area contributed by atoms with E-state index >= 15 is 0 Å². The Morgan fingerprint density at radius 1 is 1.19 bits per heavy atom. The van der Waals surface area contributed by atoms with Crippen LogP contribution in [0, 0.1) is 0 Å². The van der Waals surface area contributed by atoms with Crippen LogP contribution in [0.4, 0.5) is 5.69 Å². The molecule has 0 spiro atoms. The summed E-state index contributed by atoms with van der Waals surface area (Å²) in [6, 6.07) is 3.05. The van der Waals surface area contributed by atoms with Crippen LogP contribution in [0.15, 0.2) is 12.1 Å². The molecule has 0 saturated carbocycles. The molecule has 5 heteroatoms. The standard InChI is InChI=1S/C11H15NO4/c12-10-8(4-6-14)7(3-5-13)1-2-9(10)11(15)16/h1-2,13-14H,3-6,12H2,(H,15,16). The number of nitrogens with two attached hydrogens (primary N) is 1. The summed E-state index contributed by atoms with van der Waals surface area (Å²) in [5, 5.41) is 26.7. The Kier molecular flexibility index (Phi) is 4.28. The average molecular weight is 225 g/mol. The molecule has 0 amide bonds. The van der Waals surface area contributed by atoms with Crippen LogP contribution in [0.3, 0.4) is 0 Å². The van der Waals surface area contributed by atoms with E-state index in [1.54, 1.807) is 6.07 Å². The zero-order chi connectivity index (χ0) is 12.1. The van der Waals surface area contributed by atoms with Gasteiger partial charge in [-0.3, -0.25) is 0 Å². The number of carboxylic acids is 1. The number of nitrogen functional groups attached to an aromatic ring is 1. The molecule has 5 N–H and O–H groups in total. The minimum Gasteiger partial charge on any atom is -0.478 e. The summed E-state index contributed by atoms with van der Waals surface area (Å²) in [5.74, 6) is -1.09. The van der Waals surface area contributed by atoms with Crippen LogP contribution in [-0.4, -0.2) is 34.5 Å². The molecule has 0 fully saturated rings. The summed E-state index contributed by atoms with van der Waals surface area (Å²) < 4.78 is 0. The predicted molar refractivity (Wildman–Crippen MR) is 59.4 cm³/mol. The van der Waals surface area contributed by atoms with E-state index in [1.165, 1.54) is 6.07 Å². The second-order valence-corrected chi connectivity index (χ2v) is 3.42. The Balaban J connectivity index is 3.23.